The Morgan fingerprint density at radius 1 is 1.00 bits per heavy atom. The van der Waals surface area contributed by atoms with Crippen LogP contribution in [0, 0.1) is 20.8 Å². The molecule has 0 N–H and O–H groups in total. The Hall–Kier alpha value is -1.98. The minimum atomic E-state index is 0.447. The molecule has 0 aliphatic rings. The van der Waals surface area contributed by atoms with E-state index in [0.29, 0.717) is 28.3 Å². The van der Waals surface area contributed by atoms with Gasteiger partial charge in [-0.2, -0.15) is 0 Å². The fourth-order valence-electron chi connectivity index (χ4n) is 2.70. The first-order valence-electron chi connectivity index (χ1n) is 8.92. The van der Waals surface area contributed by atoms with Crippen LogP contribution in [0.4, 0.5) is 0 Å². The monoisotopic (exact) mass is 408 g/mol. The minimum Gasteiger partial charge on any atom is -0.490 e. The van der Waals surface area contributed by atoms with Crippen molar-refractivity contribution in [1.29, 1.82) is 0 Å². The van der Waals surface area contributed by atoms with E-state index in [1.807, 2.05) is 26.8 Å². The Labute approximate surface area is 168 Å². The molecule has 0 aliphatic carbocycles. The standard InChI is InChI=1S/C20H22Cl2N2O3/c1-12-9-16(27-24-12)7-5-4-6-8-25-19-17(21)10-15(11-18(19)22)20-23-13(2)14(3)26-20/h9-11H,4-8H2,1-3H3. The molecule has 0 bridgehead atoms. The molecule has 0 saturated carbocycles. The molecule has 2 heterocycles. The van der Waals surface area contributed by atoms with Crippen molar-refractivity contribution in [3.05, 3.63) is 51.2 Å². The van der Waals surface area contributed by atoms with Gasteiger partial charge in [0.25, 0.3) is 0 Å². The molecule has 0 radical (unpaired) electrons. The van der Waals surface area contributed by atoms with Crippen LogP contribution in [-0.4, -0.2) is 16.7 Å². The molecule has 2 aromatic heterocycles. The van der Waals surface area contributed by atoms with Gasteiger partial charge in [0, 0.05) is 18.1 Å². The molecule has 0 aliphatic heterocycles. The third kappa shape index (κ3) is 5.05. The smallest absolute Gasteiger partial charge is 0.226 e. The maximum Gasteiger partial charge on any atom is 0.226 e. The Morgan fingerprint density at radius 3 is 2.33 bits per heavy atom. The van der Waals surface area contributed by atoms with Crippen LogP contribution in [-0.2, 0) is 6.42 Å². The molecule has 5 nitrogen and oxygen atoms in total. The zero-order valence-corrected chi connectivity index (χ0v) is 17.2. The van der Waals surface area contributed by atoms with E-state index in [9.17, 15) is 0 Å². The van der Waals surface area contributed by atoms with Crippen LogP contribution in [0.3, 0.4) is 0 Å². The lowest BCUT2D eigenvalue weighted by molar-refractivity contribution is 0.303. The van der Waals surface area contributed by atoms with Crippen LogP contribution in [0.15, 0.2) is 27.1 Å². The topological polar surface area (TPSA) is 61.3 Å². The molecule has 0 spiro atoms. The molecule has 27 heavy (non-hydrogen) atoms. The molecule has 0 saturated heterocycles. The van der Waals surface area contributed by atoms with Gasteiger partial charge in [-0.05, 0) is 52.2 Å². The molecule has 3 rings (SSSR count). The molecule has 0 atom stereocenters. The molecule has 0 fully saturated rings. The predicted molar refractivity (Wildman–Crippen MR) is 106 cm³/mol. The van der Waals surface area contributed by atoms with E-state index in [2.05, 4.69) is 10.1 Å². The van der Waals surface area contributed by atoms with Gasteiger partial charge in [0.1, 0.15) is 11.5 Å². The van der Waals surface area contributed by atoms with Gasteiger partial charge in [-0.15, -0.1) is 0 Å². The summed E-state index contributed by atoms with van der Waals surface area (Å²) in [7, 11) is 0. The summed E-state index contributed by atoms with van der Waals surface area (Å²) in [5, 5.41) is 4.78. The van der Waals surface area contributed by atoms with E-state index < -0.39 is 0 Å². The fourth-order valence-corrected chi connectivity index (χ4v) is 3.30. The fraction of sp³-hybridized carbons (Fsp3) is 0.400. The highest BCUT2D eigenvalue weighted by Crippen LogP contribution is 2.37. The number of oxazole rings is 1. The third-order valence-electron chi connectivity index (χ3n) is 4.26. The highest BCUT2D eigenvalue weighted by molar-refractivity contribution is 6.37. The summed E-state index contributed by atoms with van der Waals surface area (Å²) >= 11 is 12.7. The van der Waals surface area contributed by atoms with Crippen LogP contribution >= 0.6 is 23.2 Å². The molecule has 144 valence electrons. The first kappa shape index (κ1) is 19.8. The summed E-state index contributed by atoms with van der Waals surface area (Å²) in [6, 6.07) is 5.49. The minimum absolute atomic E-state index is 0.447. The van der Waals surface area contributed by atoms with Crippen molar-refractivity contribution in [2.45, 2.75) is 46.5 Å². The largest absolute Gasteiger partial charge is 0.490 e. The Morgan fingerprint density at radius 2 is 1.74 bits per heavy atom. The average molecular weight is 409 g/mol. The van der Waals surface area contributed by atoms with Crippen molar-refractivity contribution < 1.29 is 13.7 Å². The number of rotatable bonds is 8. The highest BCUT2D eigenvalue weighted by Gasteiger charge is 2.15. The number of aromatic nitrogens is 2. The Bertz CT molecular complexity index is 875. The number of hydrogen-bond donors (Lipinski definition) is 0. The number of aryl methyl sites for hydroxylation is 4. The SMILES string of the molecule is Cc1cc(CCCCCOc2c(Cl)cc(-c3nc(C)c(C)o3)cc2Cl)on1. The Balaban J connectivity index is 1.51. The number of hydrogen-bond acceptors (Lipinski definition) is 5. The number of unbranched alkanes of at least 4 members (excludes halogenated alkanes) is 2. The van der Waals surface area contributed by atoms with E-state index in [-0.39, 0.29) is 0 Å². The number of benzene rings is 1. The average Bonchev–Trinajstić information content (AvgIpc) is 3.18. The summed E-state index contributed by atoms with van der Waals surface area (Å²) < 4.78 is 16.6. The molecule has 0 unspecified atom stereocenters. The maximum absolute atomic E-state index is 6.36. The zero-order valence-electron chi connectivity index (χ0n) is 15.6. The predicted octanol–water partition coefficient (Wildman–Crippen LogP) is 6.35. The second-order valence-electron chi connectivity index (χ2n) is 6.52. The van der Waals surface area contributed by atoms with E-state index in [4.69, 9.17) is 36.9 Å². The summed E-state index contributed by atoms with van der Waals surface area (Å²) in [4.78, 5) is 4.38. The molecule has 7 heteroatoms. The lowest BCUT2D eigenvalue weighted by Crippen LogP contribution is -1.99. The van der Waals surface area contributed by atoms with Crippen molar-refractivity contribution >= 4 is 23.2 Å². The maximum atomic E-state index is 6.36. The van der Waals surface area contributed by atoms with Gasteiger partial charge in [-0.1, -0.05) is 28.4 Å². The van der Waals surface area contributed by atoms with Crippen LogP contribution in [0.1, 0.15) is 42.2 Å². The molecule has 1 aromatic carbocycles. The molecular weight excluding hydrogens is 387 g/mol. The van der Waals surface area contributed by atoms with Crippen LogP contribution in [0.25, 0.3) is 11.5 Å². The summed E-state index contributed by atoms with van der Waals surface area (Å²) in [6.07, 6.45) is 3.81. The Kier molecular flexibility index (Phi) is 6.45. The quantitative estimate of drug-likeness (QED) is 0.406. The van der Waals surface area contributed by atoms with Gasteiger partial charge in [0.15, 0.2) is 5.75 Å². The lowest BCUT2D eigenvalue weighted by Gasteiger charge is -2.11. The summed E-state index contributed by atoms with van der Waals surface area (Å²) in [5.74, 6) is 2.70. The van der Waals surface area contributed by atoms with Gasteiger partial charge in [0.2, 0.25) is 5.89 Å². The van der Waals surface area contributed by atoms with Crippen molar-refractivity contribution in [2.24, 2.45) is 0 Å². The highest BCUT2D eigenvalue weighted by atomic mass is 35.5. The van der Waals surface area contributed by atoms with Crippen LogP contribution < -0.4 is 4.74 Å². The van der Waals surface area contributed by atoms with Crippen molar-refractivity contribution in [2.75, 3.05) is 6.61 Å². The molecule has 3 aromatic rings. The number of ether oxygens (including phenoxy) is 1. The van der Waals surface area contributed by atoms with Gasteiger partial charge in [0.05, 0.1) is 28.0 Å². The van der Waals surface area contributed by atoms with Gasteiger partial charge in [-0.3, -0.25) is 0 Å². The summed E-state index contributed by atoms with van der Waals surface area (Å²) in [6.45, 7) is 6.23. The first-order valence-corrected chi connectivity index (χ1v) is 9.68. The van der Waals surface area contributed by atoms with Crippen LogP contribution in [0.2, 0.25) is 10.0 Å². The van der Waals surface area contributed by atoms with Crippen molar-refractivity contribution in [3.63, 3.8) is 0 Å². The summed E-state index contributed by atoms with van der Waals surface area (Å²) in [5.41, 5.74) is 2.49. The molecular formula is C20H22Cl2N2O3. The van der Waals surface area contributed by atoms with E-state index in [1.165, 1.54) is 0 Å². The van der Waals surface area contributed by atoms with Gasteiger partial charge < -0.3 is 13.7 Å². The van der Waals surface area contributed by atoms with E-state index in [1.54, 1.807) is 12.1 Å². The second kappa shape index (κ2) is 8.81. The van der Waals surface area contributed by atoms with Crippen molar-refractivity contribution in [1.82, 2.24) is 10.1 Å². The van der Waals surface area contributed by atoms with Crippen LogP contribution in [0.5, 0.6) is 5.75 Å². The second-order valence-corrected chi connectivity index (χ2v) is 7.34. The normalized spacial score (nSPS) is 11.1. The van der Waals surface area contributed by atoms with Gasteiger partial charge in [-0.25, -0.2) is 4.98 Å². The van der Waals surface area contributed by atoms with Gasteiger partial charge >= 0.3 is 0 Å². The van der Waals surface area contributed by atoms with Crippen molar-refractivity contribution in [3.8, 4) is 17.2 Å². The molecule has 0 amide bonds. The number of nitrogens with zero attached hydrogens (tertiary/aromatic N) is 2. The number of halogens is 2. The first-order chi connectivity index (χ1) is 12.9. The third-order valence-corrected chi connectivity index (χ3v) is 4.83. The zero-order chi connectivity index (χ0) is 19.4. The van der Waals surface area contributed by atoms with E-state index in [0.717, 1.165) is 54.2 Å². The lowest BCUT2D eigenvalue weighted by atomic mass is 10.1. The van der Waals surface area contributed by atoms with E-state index >= 15 is 0 Å².